The summed E-state index contributed by atoms with van der Waals surface area (Å²) in [6, 6.07) is 0. The Hall–Kier alpha value is 0.140. The van der Waals surface area contributed by atoms with E-state index in [1.165, 1.54) is 10.9 Å². The molecule has 13 nitrogen and oxygen atoms in total. The average molecular weight is 411 g/mol. The number of hydrogen-bond donors (Lipinski definition) is 5. The molecular formula is C10H16N5Na2O8P. The van der Waals surface area contributed by atoms with Crippen molar-refractivity contribution in [3.8, 4) is 0 Å². The van der Waals surface area contributed by atoms with Gasteiger partial charge in [0.15, 0.2) is 11.2 Å². The molecule has 0 saturated carbocycles. The van der Waals surface area contributed by atoms with E-state index in [1.807, 2.05) is 0 Å². The summed E-state index contributed by atoms with van der Waals surface area (Å²) in [7, 11) is -4.66. The van der Waals surface area contributed by atoms with Crippen LogP contribution in [0.5, 0.6) is 0 Å². The third-order valence-corrected chi connectivity index (χ3v) is 3.86. The molecule has 136 valence electrons. The number of phosphoric ester groups is 1. The SMILES string of the molecule is Nc1nc2c(ncn2[C@H]2C[C@H](O)[C@@H](COP(=O)(O)O)O2)c(=O)[nH]1.O.[Na].[Na]. The first-order chi connectivity index (χ1) is 10.7. The first-order valence-corrected chi connectivity index (χ1v) is 8.03. The summed E-state index contributed by atoms with van der Waals surface area (Å²) in [4.78, 5) is 39.3. The van der Waals surface area contributed by atoms with Crippen molar-refractivity contribution >= 4 is 84.0 Å². The van der Waals surface area contributed by atoms with E-state index in [9.17, 15) is 14.5 Å². The van der Waals surface area contributed by atoms with Gasteiger partial charge in [0.25, 0.3) is 5.56 Å². The number of aliphatic hydroxyl groups is 1. The molecule has 16 heteroatoms. The number of imidazole rings is 1. The molecule has 0 bridgehead atoms. The molecule has 0 spiro atoms. The summed E-state index contributed by atoms with van der Waals surface area (Å²) >= 11 is 0. The van der Waals surface area contributed by atoms with E-state index in [1.54, 1.807) is 0 Å². The fourth-order valence-electron chi connectivity index (χ4n) is 2.36. The van der Waals surface area contributed by atoms with Crippen molar-refractivity contribution in [2.24, 2.45) is 0 Å². The molecule has 1 fully saturated rings. The number of rotatable bonds is 4. The number of hydrogen-bond acceptors (Lipinski definition) is 8. The van der Waals surface area contributed by atoms with Gasteiger partial charge in [0.05, 0.1) is 19.0 Å². The predicted octanol–water partition coefficient (Wildman–Crippen LogP) is -3.13. The Morgan fingerprint density at radius 3 is 2.73 bits per heavy atom. The van der Waals surface area contributed by atoms with Gasteiger partial charge in [0.1, 0.15) is 12.3 Å². The van der Waals surface area contributed by atoms with Crippen LogP contribution >= 0.6 is 7.82 Å². The predicted molar refractivity (Wildman–Crippen MR) is 90.2 cm³/mol. The molecule has 1 aliphatic rings. The Kier molecular flexibility index (Phi) is 10.1. The van der Waals surface area contributed by atoms with Crippen molar-refractivity contribution in [2.45, 2.75) is 24.9 Å². The van der Waals surface area contributed by atoms with Gasteiger partial charge in [-0.2, -0.15) is 4.98 Å². The third-order valence-electron chi connectivity index (χ3n) is 3.37. The molecule has 2 radical (unpaired) electrons. The van der Waals surface area contributed by atoms with Crippen LogP contribution in [0.15, 0.2) is 11.1 Å². The van der Waals surface area contributed by atoms with Gasteiger partial charge in [0.2, 0.25) is 5.95 Å². The number of nitrogens with two attached hydrogens (primary N) is 1. The Morgan fingerprint density at radius 1 is 1.46 bits per heavy atom. The van der Waals surface area contributed by atoms with E-state index in [0.29, 0.717) is 0 Å². The van der Waals surface area contributed by atoms with Crippen LogP contribution in [0, 0.1) is 0 Å². The average Bonchev–Trinajstić information content (AvgIpc) is 2.99. The number of ether oxygens (including phenoxy) is 1. The maximum atomic E-state index is 11.7. The molecule has 0 aromatic carbocycles. The Balaban J connectivity index is 0.00000208. The molecule has 0 unspecified atom stereocenters. The van der Waals surface area contributed by atoms with Crippen molar-refractivity contribution in [1.29, 1.82) is 0 Å². The minimum atomic E-state index is -4.66. The summed E-state index contributed by atoms with van der Waals surface area (Å²) < 4.78 is 22.0. The molecule has 3 heterocycles. The Morgan fingerprint density at radius 2 is 2.12 bits per heavy atom. The van der Waals surface area contributed by atoms with E-state index < -0.39 is 38.4 Å². The summed E-state index contributed by atoms with van der Waals surface area (Å²) in [5.74, 6) is -0.0934. The van der Waals surface area contributed by atoms with Crippen molar-refractivity contribution in [2.75, 3.05) is 12.3 Å². The molecule has 0 aliphatic carbocycles. The molecular weight excluding hydrogens is 395 g/mol. The van der Waals surface area contributed by atoms with Crippen molar-refractivity contribution in [3.05, 3.63) is 16.7 Å². The molecule has 3 rings (SSSR count). The van der Waals surface area contributed by atoms with Crippen molar-refractivity contribution < 1.29 is 34.2 Å². The maximum absolute atomic E-state index is 11.7. The number of H-pyrrole nitrogens is 1. The van der Waals surface area contributed by atoms with Crippen LogP contribution in [0.2, 0.25) is 0 Å². The van der Waals surface area contributed by atoms with Gasteiger partial charge in [-0.15, -0.1) is 0 Å². The number of fused-ring (bicyclic) bond motifs is 1. The second-order valence-electron chi connectivity index (χ2n) is 4.99. The van der Waals surface area contributed by atoms with Gasteiger partial charge < -0.3 is 30.8 Å². The zero-order valence-electron chi connectivity index (χ0n) is 14.1. The number of nitrogens with one attached hydrogen (secondary N) is 1. The maximum Gasteiger partial charge on any atom is 0.469 e. The smallest absolute Gasteiger partial charge is 0.412 e. The molecule has 8 N–H and O–H groups in total. The minimum absolute atomic E-state index is 0. The van der Waals surface area contributed by atoms with Crippen LogP contribution in [0.1, 0.15) is 12.6 Å². The number of nitrogen functional groups attached to an aromatic ring is 1. The largest absolute Gasteiger partial charge is 0.469 e. The number of aromatic nitrogens is 4. The van der Waals surface area contributed by atoms with E-state index in [0.717, 1.165) is 0 Å². The molecule has 1 aliphatic heterocycles. The van der Waals surface area contributed by atoms with Gasteiger partial charge in [-0.1, -0.05) is 0 Å². The van der Waals surface area contributed by atoms with E-state index >= 15 is 0 Å². The second kappa shape index (κ2) is 10.1. The molecule has 26 heavy (non-hydrogen) atoms. The molecule has 1 saturated heterocycles. The van der Waals surface area contributed by atoms with Crippen molar-refractivity contribution in [3.63, 3.8) is 0 Å². The van der Waals surface area contributed by atoms with Crippen LogP contribution in [-0.4, -0.2) is 118 Å². The first kappa shape index (κ1) is 26.1. The Bertz CT molecular complexity index is 840. The summed E-state index contributed by atoms with van der Waals surface area (Å²) in [5.41, 5.74) is 5.23. The molecule has 0 amide bonds. The van der Waals surface area contributed by atoms with Crippen LogP contribution in [-0.2, 0) is 13.8 Å². The van der Waals surface area contributed by atoms with Gasteiger partial charge in [-0.05, 0) is 0 Å². The minimum Gasteiger partial charge on any atom is -0.412 e. The van der Waals surface area contributed by atoms with Crippen LogP contribution < -0.4 is 11.3 Å². The number of aliphatic hydroxyl groups excluding tert-OH is 1. The number of anilines is 1. The fourth-order valence-corrected chi connectivity index (χ4v) is 2.70. The molecule has 3 atom stereocenters. The zero-order chi connectivity index (χ0) is 16.8. The van der Waals surface area contributed by atoms with Gasteiger partial charge in [0, 0.05) is 65.5 Å². The number of nitrogens with zero attached hydrogens (tertiary/aromatic N) is 3. The Labute approximate surface area is 190 Å². The summed E-state index contributed by atoms with van der Waals surface area (Å²) in [6.45, 7) is -0.481. The summed E-state index contributed by atoms with van der Waals surface area (Å²) in [5, 5.41) is 9.93. The van der Waals surface area contributed by atoms with Crippen LogP contribution in [0.25, 0.3) is 11.2 Å². The monoisotopic (exact) mass is 411 g/mol. The third kappa shape index (κ3) is 5.82. The van der Waals surface area contributed by atoms with Crippen LogP contribution in [0.4, 0.5) is 5.95 Å². The number of aromatic amines is 1. The second-order valence-corrected chi connectivity index (χ2v) is 6.23. The van der Waals surface area contributed by atoms with E-state index in [4.69, 9.17) is 20.3 Å². The van der Waals surface area contributed by atoms with Gasteiger partial charge in [-0.3, -0.25) is 18.9 Å². The molecule has 2 aromatic rings. The van der Waals surface area contributed by atoms with Gasteiger partial charge in [-0.25, -0.2) is 9.55 Å². The standard InChI is InChI=1S/C10H14N5O7P.2Na.H2O/c11-10-13-8-7(9(17)14-10)12-3-15(8)6-1-4(16)5(22-6)2-21-23(18,19)20;;;/h3-6,16H,1-2H2,(H2,18,19,20)(H3,11,13,14,17);;;1H2/t4-,5+,6+;;;/m0.../s1. The van der Waals surface area contributed by atoms with Gasteiger partial charge >= 0.3 is 7.82 Å². The number of phosphoric acid groups is 1. The summed E-state index contributed by atoms with van der Waals surface area (Å²) in [6.07, 6.45) is -1.26. The topological polar surface area (TPSA) is 217 Å². The van der Waals surface area contributed by atoms with E-state index in [-0.39, 0.29) is 88.1 Å². The van der Waals surface area contributed by atoms with Crippen LogP contribution in [0.3, 0.4) is 0 Å². The fraction of sp³-hybridized carbons (Fsp3) is 0.500. The van der Waals surface area contributed by atoms with Crippen molar-refractivity contribution in [1.82, 2.24) is 19.5 Å². The van der Waals surface area contributed by atoms with E-state index in [2.05, 4.69) is 19.5 Å². The first-order valence-electron chi connectivity index (χ1n) is 6.50. The quantitative estimate of drug-likeness (QED) is 0.252. The molecule has 2 aromatic heterocycles. The normalized spacial score (nSPS) is 22.3. The zero-order valence-corrected chi connectivity index (χ0v) is 19.0.